The number of piperidine rings is 1. The van der Waals surface area contributed by atoms with Crippen molar-refractivity contribution in [3.63, 3.8) is 0 Å². The van der Waals surface area contributed by atoms with Gasteiger partial charge in [0.1, 0.15) is 15.7 Å². The van der Waals surface area contributed by atoms with E-state index in [1.807, 2.05) is 0 Å². The van der Waals surface area contributed by atoms with E-state index in [1.165, 1.54) is 0 Å². The number of carbonyl (C=O) groups is 1. The first-order valence-corrected chi connectivity index (χ1v) is 10.3. The van der Waals surface area contributed by atoms with Gasteiger partial charge in [-0.1, -0.05) is 8.73 Å². The Morgan fingerprint density at radius 1 is 1.25 bits per heavy atom. The molecule has 1 amide bonds. The van der Waals surface area contributed by atoms with Gasteiger partial charge in [-0.25, -0.2) is 10.3 Å². The third kappa shape index (κ3) is 3.27. The number of carbonyl (C=O) groups excluding carboxylic acids is 1. The normalized spacial score (nSPS) is 33.2. The van der Waals surface area contributed by atoms with Crippen molar-refractivity contribution in [3.05, 3.63) is 0 Å². The van der Waals surface area contributed by atoms with Crippen LogP contribution >= 0.6 is 8.73 Å². The van der Waals surface area contributed by atoms with Crippen LogP contribution in [0.3, 0.4) is 0 Å². The number of ether oxygens (including phenoxy) is 3. The van der Waals surface area contributed by atoms with Crippen LogP contribution in [-0.4, -0.2) is 76.7 Å². The molecule has 3 aliphatic rings. The molecule has 0 radical (unpaired) electrons. The predicted octanol–water partition coefficient (Wildman–Crippen LogP) is -1.23. The maximum atomic E-state index is 12.8. The van der Waals surface area contributed by atoms with Crippen molar-refractivity contribution < 1.29 is 23.8 Å². The molecule has 3 aliphatic heterocycles. The second-order valence-corrected chi connectivity index (χ2v) is 8.01. The first-order chi connectivity index (χ1) is 11.5. The molecule has 0 bridgehead atoms. The maximum Gasteiger partial charge on any atom is 0.252 e. The number of nitrogens with one attached hydrogen (secondary N) is 1. The van der Waals surface area contributed by atoms with Crippen LogP contribution < -0.4 is 5.48 Å². The quantitative estimate of drug-likeness (QED) is 0.387. The minimum atomic E-state index is -0.922. The van der Waals surface area contributed by atoms with Gasteiger partial charge in [-0.15, -0.1) is 0 Å². The summed E-state index contributed by atoms with van der Waals surface area (Å²) in [6.07, 6.45) is 3.24. The summed E-state index contributed by atoms with van der Waals surface area (Å²) in [7, 11) is 4.83. The van der Waals surface area contributed by atoms with Gasteiger partial charge in [0.15, 0.2) is 12.1 Å². The lowest BCUT2D eigenvalue weighted by molar-refractivity contribution is -0.244. The zero-order valence-corrected chi connectivity index (χ0v) is 15.8. The van der Waals surface area contributed by atoms with Crippen LogP contribution in [0.15, 0.2) is 0 Å². The Labute approximate surface area is 147 Å². The fraction of sp³-hybridized carbons (Fsp3) is 0.929. The highest BCUT2D eigenvalue weighted by atomic mass is 31.1. The van der Waals surface area contributed by atoms with Gasteiger partial charge in [0.25, 0.3) is 5.91 Å². The molecular weight excluding hydrogens is 329 g/mol. The summed E-state index contributed by atoms with van der Waals surface area (Å²) in [5.74, 6) is -1.50. The average molecular weight is 356 g/mol. The summed E-state index contributed by atoms with van der Waals surface area (Å²) in [6, 6.07) is 0. The minimum Gasteiger partial charge on any atom is -0.350 e. The number of amides is 1. The average Bonchev–Trinajstić information content (AvgIpc) is 3.07. The largest absolute Gasteiger partial charge is 0.350 e. The highest BCUT2D eigenvalue weighted by Gasteiger charge is 2.61. The van der Waals surface area contributed by atoms with Crippen LogP contribution in [0.25, 0.3) is 0 Å². The van der Waals surface area contributed by atoms with Crippen molar-refractivity contribution in [3.8, 4) is 0 Å². The van der Waals surface area contributed by atoms with Crippen molar-refractivity contribution in [2.45, 2.75) is 43.1 Å². The summed E-state index contributed by atoms with van der Waals surface area (Å²) in [6.45, 7) is 4.70. The van der Waals surface area contributed by atoms with Crippen LogP contribution in [-0.2, 0) is 23.8 Å². The number of rotatable bonds is 4. The van der Waals surface area contributed by atoms with Gasteiger partial charge in [-0.05, 0) is 25.9 Å². The van der Waals surface area contributed by atoms with Gasteiger partial charge in [0.05, 0.1) is 19.1 Å². The Morgan fingerprint density at radius 2 is 2.00 bits per heavy atom. The fourth-order valence-electron chi connectivity index (χ4n) is 4.02. The van der Waals surface area contributed by atoms with E-state index in [1.54, 1.807) is 0 Å². The smallest absolute Gasteiger partial charge is 0.252 e. The lowest BCUT2D eigenvalue weighted by Crippen LogP contribution is -2.72. The molecule has 1 N–H and O–H groups in total. The zero-order valence-electron chi connectivity index (χ0n) is 14.8. The Morgan fingerprint density at radius 3 is 2.62 bits per heavy atom. The lowest BCUT2D eigenvalue weighted by atomic mass is 9.52. The van der Waals surface area contributed by atoms with Gasteiger partial charge in [0.2, 0.25) is 0 Å². The van der Waals surface area contributed by atoms with Crippen molar-refractivity contribution in [1.82, 2.24) is 10.2 Å². The molecule has 0 aliphatic carbocycles. The summed E-state index contributed by atoms with van der Waals surface area (Å²) < 4.78 is 19.9. The summed E-state index contributed by atoms with van der Waals surface area (Å²) >= 11 is 0. The molecule has 1 spiro atoms. The monoisotopic (exact) mass is 356 g/mol. The highest BCUT2D eigenvalue weighted by molar-refractivity contribution is 7.34. The predicted molar refractivity (Wildman–Crippen MR) is 96.3 cm³/mol. The van der Waals surface area contributed by atoms with Gasteiger partial charge in [-0.3, -0.25) is 9.46 Å². The Hall–Kier alpha value is -0.170. The molecule has 3 rings (SSSR count). The van der Waals surface area contributed by atoms with Gasteiger partial charge < -0.3 is 14.2 Å². The third-order valence-corrected chi connectivity index (χ3v) is 6.68. The van der Waals surface area contributed by atoms with Crippen LogP contribution in [0, 0.1) is 5.92 Å². The molecule has 3 fully saturated rings. The minimum absolute atomic E-state index is 0.182. The molecule has 0 aromatic rings. The van der Waals surface area contributed by atoms with E-state index >= 15 is 0 Å². The Kier molecular flexibility index (Phi) is 5.90. The molecule has 0 aromatic carbocycles. The van der Waals surface area contributed by atoms with Gasteiger partial charge in [0, 0.05) is 24.9 Å². The second-order valence-electron chi connectivity index (χ2n) is 7.02. The van der Waals surface area contributed by atoms with Crippen molar-refractivity contribution in [1.29, 1.82) is 0 Å². The molecule has 0 aromatic heterocycles. The summed E-state index contributed by atoms with van der Waals surface area (Å²) in [5.41, 5.74) is 2.60. The second kappa shape index (κ2) is 7.60. The number of hydroxylamine groups is 1. The van der Waals surface area contributed by atoms with Crippen LogP contribution in [0.1, 0.15) is 25.7 Å². The number of nitrogens with zero attached hydrogens (tertiary/aromatic N) is 1. The van der Waals surface area contributed by atoms with Crippen molar-refractivity contribution in [2.24, 2.45) is 5.92 Å². The highest BCUT2D eigenvalue weighted by Crippen LogP contribution is 2.47. The van der Waals surface area contributed by atoms with E-state index in [4.69, 9.17) is 19.0 Å². The maximum absolute atomic E-state index is 12.8. The molecule has 0 saturated carbocycles. The van der Waals surface area contributed by atoms with Crippen LogP contribution in [0.4, 0.5) is 0 Å². The van der Waals surface area contributed by atoms with Crippen LogP contribution in [0.5, 0.6) is 0 Å². The van der Waals surface area contributed by atoms with E-state index in [9.17, 15) is 4.79 Å². The molecule has 3 saturated heterocycles. The topological polar surface area (TPSA) is 69.3 Å². The van der Waals surface area contributed by atoms with Crippen molar-refractivity contribution >= 4 is 30.3 Å². The molecule has 7 nitrogen and oxygen atoms in total. The van der Waals surface area contributed by atoms with E-state index in [0.717, 1.165) is 25.8 Å². The van der Waals surface area contributed by atoms with Gasteiger partial charge in [-0.2, -0.15) is 0 Å². The molecule has 10 heteroatoms. The first-order valence-electron chi connectivity index (χ1n) is 8.81. The van der Waals surface area contributed by atoms with E-state index < -0.39 is 11.7 Å². The lowest BCUT2D eigenvalue weighted by Gasteiger charge is -2.55. The molecule has 3 heterocycles. The molecule has 24 heavy (non-hydrogen) atoms. The SMILES string of the molecule is BC1(B)N(PC)CCC(C(=O)NOC2CCCCO2)C12OCCO2. The van der Waals surface area contributed by atoms with E-state index in [2.05, 4.69) is 32.5 Å². The standard InChI is InChI=1S/C14H27B2N2O5P/c1-24-18-6-5-10(13(14(18,15)16)21-8-9-22-13)12(19)17-23-11-4-2-3-7-20-11/h10-11,24H,2-9,15-16H2,1H3,(H,17,19). The fourth-order valence-corrected chi connectivity index (χ4v) is 5.09. The molecular formula is C14H27B2N2O5P. The Bertz CT molecular complexity index is 458. The Balaban J connectivity index is 1.69. The first kappa shape index (κ1) is 18.6. The molecule has 3 unspecified atom stereocenters. The van der Waals surface area contributed by atoms with Crippen molar-refractivity contribution in [2.75, 3.05) is 33.0 Å². The number of hydrogen-bond acceptors (Lipinski definition) is 6. The van der Waals surface area contributed by atoms with E-state index in [-0.39, 0.29) is 17.5 Å². The van der Waals surface area contributed by atoms with Crippen LogP contribution in [0.2, 0.25) is 0 Å². The van der Waals surface area contributed by atoms with E-state index in [0.29, 0.717) is 35.0 Å². The number of hydrogen-bond donors (Lipinski definition) is 1. The summed E-state index contributed by atoms with van der Waals surface area (Å²) in [4.78, 5) is 18.3. The third-order valence-electron chi connectivity index (χ3n) is 5.36. The summed E-state index contributed by atoms with van der Waals surface area (Å²) in [5, 5.41) is -0.377. The molecule has 134 valence electrons. The molecule has 3 atom stereocenters. The zero-order chi connectivity index (χ0) is 17.2. The van der Waals surface area contributed by atoms with Gasteiger partial charge >= 0.3 is 0 Å².